The summed E-state index contributed by atoms with van der Waals surface area (Å²) in [4.78, 5) is 34.1. The van der Waals surface area contributed by atoms with Gasteiger partial charge in [0.05, 0.1) is 12.7 Å². The van der Waals surface area contributed by atoms with Crippen molar-refractivity contribution in [1.82, 2.24) is 20.3 Å². The van der Waals surface area contributed by atoms with Gasteiger partial charge in [0.25, 0.3) is 5.91 Å². The van der Waals surface area contributed by atoms with Crippen molar-refractivity contribution in [2.45, 2.75) is 31.3 Å². The van der Waals surface area contributed by atoms with Crippen molar-refractivity contribution in [1.29, 1.82) is 0 Å². The van der Waals surface area contributed by atoms with Gasteiger partial charge in [0.2, 0.25) is 15.9 Å². The van der Waals surface area contributed by atoms with Crippen LogP contribution in [-0.2, 0) is 19.6 Å². The minimum atomic E-state index is -3.27. The second-order valence-electron chi connectivity index (χ2n) is 5.25. The highest BCUT2D eigenvalue weighted by atomic mass is 32.2. The molecule has 3 N–H and O–H groups in total. The Kier molecular flexibility index (Phi) is 4.47. The predicted octanol–water partition coefficient (Wildman–Crippen LogP) is -1.88. The van der Waals surface area contributed by atoms with Crippen LogP contribution in [0.1, 0.15) is 19.3 Å². The molecule has 2 rings (SSSR count). The Morgan fingerprint density at radius 1 is 1.43 bits per heavy atom. The molecule has 0 saturated carbocycles. The van der Waals surface area contributed by atoms with Crippen LogP contribution in [0.2, 0.25) is 0 Å². The molecular formula is C11H18N4O5S. The summed E-state index contributed by atoms with van der Waals surface area (Å²) in [6.07, 6.45) is 2.32. The van der Waals surface area contributed by atoms with Gasteiger partial charge >= 0.3 is 6.03 Å². The van der Waals surface area contributed by atoms with E-state index in [9.17, 15) is 22.8 Å². The molecule has 2 atom stereocenters. The van der Waals surface area contributed by atoms with Gasteiger partial charge < -0.3 is 10.6 Å². The Morgan fingerprint density at radius 3 is 2.71 bits per heavy atom. The molecule has 2 aliphatic heterocycles. The SMILES string of the molecule is CS(=O)(=O)N1CCCC(NC(=O)CC2NC(=O)NC2=O)C1. The Labute approximate surface area is 122 Å². The van der Waals surface area contributed by atoms with E-state index in [1.807, 2.05) is 5.32 Å². The van der Waals surface area contributed by atoms with Crippen LogP contribution in [0, 0.1) is 0 Å². The molecule has 10 heteroatoms. The average molecular weight is 318 g/mol. The van der Waals surface area contributed by atoms with Gasteiger partial charge in [0.15, 0.2) is 0 Å². The fourth-order valence-corrected chi connectivity index (χ4v) is 3.35. The quantitative estimate of drug-likeness (QED) is 0.524. The van der Waals surface area contributed by atoms with Crippen molar-refractivity contribution in [2.24, 2.45) is 0 Å². The molecule has 0 bridgehead atoms. The van der Waals surface area contributed by atoms with Gasteiger partial charge in [0, 0.05) is 19.1 Å². The van der Waals surface area contributed by atoms with E-state index in [0.717, 1.165) is 6.26 Å². The first-order chi connectivity index (χ1) is 9.75. The number of rotatable bonds is 4. The van der Waals surface area contributed by atoms with Crippen LogP contribution in [0.15, 0.2) is 0 Å². The van der Waals surface area contributed by atoms with E-state index in [-0.39, 0.29) is 19.0 Å². The molecule has 2 aliphatic rings. The lowest BCUT2D eigenvalue weighted by Crippen LogP contribution is -2.50. The summed E-state index contributed by atoms with van der Waals surface area (Å²) >= 11 is 0. The van der Waals surface area contributed by atoms with Gasteiger partial charge in [-0.1, -0.05) is 0 Å². The number of hydrogen-bond donors (Lipinski definition) is 3. The van der Waals surface area contributed by atoms with Crippen molar-refractivity contribution in [3.05, 3.63) is 0 Å². The maximum absolute atomic E-state index is 11.9. The average Bonchev–Trinajstić information content (AvgIpc) is 2.67. The summed E-state index contributed by atoms with van der Waals surface area (Å²) in [7, 11) is -3.27. The number of urea groups is 1. The summed E-state index contributed by atoms with van der Waals surface area (Å²) in [6, 6.07) is -1.76. The fourth-order valence-electron chi connectivity index (χ4n) is 2.44. The van der Waals surface area contributed by atoms with Gasteiger partial charge in [-0.25, -0.2) is 17.5 Å². The van der Waals surface area contributed by atoms with Crippen molar-refractivity contribution in [2.75, 3.05) is 19.3 Å². The molecule has 2 fully saturated rings. The molecule has 0 radical (unpaired) electrons. The van der Waals surface area contributed by atoms with Gasteiger partial charge in [0.1, 0.15) is 6.04 Å². The second kappa shape index (κ2) is 5.98. The molecule has 21 heavy (non-hydrogen) atoms. The van der Waals surface area contributed by atoms with E-state index in [4.69, 9.17) is 0 Å². The number of piperidine rings is 1. The molecule has 0 spiro atoms. The van der Waals surface area contributed by atoms with Crippen molar-refractivity contribution in [3.8, 4) is 0 Å². The number of hydrogen-bond acceptors (Lipinski definition) is 5. The van der Waals surface area contributed by atoms with Gasteiger partial charge in [-0.05, 0) is 12.8 Å². The summed E-state index contributed by atoms with van der Waals surface area (Å²) in [6.45, 7) is 0.681. The van der Waals surface area contributed by atoms with E-state index in [0.29, 0.717) is 19.4 Å². The lowest BCUT2D eigenvalue weighted by Gasteiger charge is -2.31. The second-order valence-corrected chi connectivity index (χ2v) is 7.23. The third-order valence-corrected chi connectivity index (χ3v) is 4.74. The fraction of sp³-hybridized carbons (Fsp3) is 0.727. The predicted molar refractivity (Wildman–Crippen MR) is 72.7 cm³/mol. The summed E-state index contributed by atoms with van der Waals surface area (Å²) in [5, 5.41) is 7.09. The summed E-state index contributed by atoms with van der Waals surface area (Å²) < 4.78 is 24.3. The van der Waals surface area contributed by atoms with Crippen molar-refractivity contribution < 1.29 is 22.8 Å². The monoisotopic (exact) mass is 318 g/mol. The first kappa shape index (κ1) is 15.7. The van der Waals surface area contributed by atoms with E-state index in [2.05, 4.69) is 10.6 Å². The highest BCUT2D eigenvalue weighted by molar-refractivity contribution is 7.88. The van der Waals surface area contributed by atoms with Crippen LogP contribution in [0.4, 0.5) is 4.79 Å². The highest BCUT2D eigenvalue weighted by Crippen LogP contribution is 2.13. The molecule has 2 heterocycles. The number of carbonyl (C=O) groups excluding carboxylic acids is 3. The van der Waals surface area contributed by atoms with Crippen molar-refractivity contribution >= 4 is 27.9 Å². The number of nitrogens with zero attached hydrogens (tertiary/aromatic N) is 1. The van der Waals surface area contributed by atoms with E-state index in [1.165, 1.54) is 4.31 Å². The molecule has 118 valence electrons. The van der Waals surface area contributed by atoms with Gasteiger partial charge in [-0.3, -0.25) is 14.9 Å². The van der Waals surface area contributed by atoms with Crippen LogP contribution in [0.5, 0.6) is 0 Å². The number of imide groups is 1. The zero-order valence-electron chi connectivity index (χ0n) is 11.6. The van der Waals surface area contributed by atoms with Crippen LogP contribution < -0.4 is 16.0 Å². The van der Waals surface area contributed by atoms with Gasteiger partial charge in [-0.2, -0.15) is 0 Å². The minimum Gasteiger partial charge on any atom is -0.352 e. The molecule has 0 aromatic heterocycles. The van der Waals surface area contributed by atoms with Crippen molar-refractivity contribution in [3.63, 3.8) is 0 Å². The van der Waals surface area contributed by atoms with E-state index >= 15 is 0 Å². The topological polar surface area (TPSA) is 125 Å². The molecule has 2 unspecified atom stereocenters. The number of amides is 4. The first-order valence-corrected chi connectivity index (χ1v) is 8.46. The Morgan fingerprint density at radius 2 is 2.14 bits per heavy atom. The maximum Gasteiger partial charge on any atom is 0.322 e. The Hall–Kier alpha value is -1.68. The number of sulfonamides is 1. The van der Waals surface area contributed by atoms with Crippen LogP contribution >= 0.6 is 0 Å². The third kappa shape index (κ3) is 4.14. The smallest absolute Gasteiger partial charge is 0.322 e. The van der Waals surface area contributed by atoms with E-state index < -0.39 is 33.9 Å². The molecule has 2 saturated heterocycles. The first-order valence-electron chi connectivity index (χ1n) is 6.61. The van der Waals surface area contributed by atoms with Crippen LogP contribution in [0.3, 0.4) is 0 Å². The standard InChI is InChI=1S/C11H18N4O5S/c1-21(19,20)15-4-2-3-7(6-15)12-9(16)5-8-10(17)14-11(18)13-8/h7-8H,2-6H2,1H3,(H,12,16)(H2,13,14,17,18). The normalized spacial score (nSPS) is 27.1. The van der Waals surface area contributed by atoms with Crippen LogP contribution in [-0.4, -0.2) is 62.0 Å². The zero-order chi connectivity index (χ0) is 15.6. The van der Waals surface area contributed by atoms with Gasteiger partial charge in [-0.15, -0.1) is 0 Å². The maximum atomic E-state index is 11.9. The Balaban J connectivity index is 1.85. The zero-order valence-corrected chi connectivity index (χ0v) is 12.4. The molecule has 0 aromatic carbocycles. The molecule has 9 nitrogen and oxygen atoms in total. The number of nitrogens with one attached hydrogen (secondary N) is 3. The molecule has 0 aliphatic carbocycles. The lowest BCUT2D eigenvalue weighted by atomic mass is 10.1. The van der Waals surface area contributed by atoms with E-state index in [1.54, 1.807) is 0 Å². The minimum absolute atomic E-state index is 0.160. The highest BCUT2D eigenvalue weighted by Gasteiger charge is 2.32. The molecule has 0 aromatic rings. The Bertz CT molecular complexity index is 561. The van der Waals surface area contributed by atoms with Crippen LogP contribution in [0.25, 0.3) is 0 Å². The lowest BCUT2D eigenvalue weighted by molar-refractivity contribution is -0.127. The summed E-state index contributed by atoms with van der Waals surface area (Å²) in [5.41, 5.74) is 0. The summed E-state index contributed by atoms with van der Waals surface area (Å²) in [5.74, 6) is -0.922. The largest absolute Gasteiger partial charge is 0.352 e. The molecule has 4 amide bonds. The third-order valence-electron chi connectivity index (χ3n) is 3.47. The molecular weight excluding hydrogens is 300 g/mol. The number of carbonyl (C=O) groups is 3.